The van der Waals surface area contributed by atoms with E-state index < -0.39 is 0 Å². The third kappa shape index (κ3) is 1.71. The molecule has 2 unspecified atom stereocenters. The van der Waals surface area contributed by atoms with Gasteiger partial charge in [-0.1, -0.05) is 20.3 Å². The van der Waals surface area contributed by atoms with Crippen molar-refractivity contribution in [3.8, 4) is 0 Å². The van der Waals surface area contributed by atoms with Crippen LogP contribution in [0.1, 0.15) is 44.1 Å². The molecule has 2 atom stereocenters. The molecule has 78 valence electrons. The summed E-state index contributed by atoms with van der Waals surface area (Å²) in [5, 5.41) is 3.59. The van der Waals surface area contributed by atoms with Crippen molar-refractivity contribution in [3.05, 3.63) is 23.7 Å². The third-order valence-corrected chi connectivity index (χ3v) is 3.14. The van der Waals surface area contributed by atoms with Crippen LogP contribution in [0.4, 0.5) is 0 Å². The van der Waals surface area contributed by atoms with Gasteiger partial charge in [-0.25, -0.2) is 0 Å². The molecule has 0 aromatic carbocycles. The van der Waals surface area contributed by atoms with Crippen LogP contribution in [-0.4, -0.2) is 6.54 Å². The van der Waals surface area contributed by atoms with Crippen LogP contribution in [0.5, 0.6) is 0 Å². The van der Waals surface area contributed by atoms with Crippen molar-refractivity contribution in [2.45, 2.75) is 39.2 Å². The first-order valence-electron chi connectivity index (χ1n) is 5.62. The van der Waals surface area contributed by atoms with Gasteiger partial charge in [-0.2, -0.15) is 0 Å². The van der Waals surface area contributed by atoms with E-state index >= 15 is 0 Å². The summed E-state index contributed by atoms with van der Waals surface area (Å²) < 4.78 is 5.47. The molecule has 0 saturated heterocycles. The van der Waals surface area contributed by atoms with Gasteiger partial charge in [0.05, 0.1) is 6.26 Å². The van der Waals surface area contributed by atoms with Crippen LogP contribution in [0.2, 0.25) is 0 Å². The van der Waals surface area contributed by atoms with Crippen LogP contribution in [0.15, 0.2) is 16.7 Å². The highest BCUT2D eigenvalue weighted by atomic mass is 16.3. The Labute approximate surface area is 85.7 Å². The van der Waals surface area contributed by atoms with Gasteiger partial charge < -0.3 is 9.73 Å². The molecule has 1 aliphatic rings. The smallest absolute Gasteiger partial charge is 0.109 e. The van der Waals surface area contributed by atoms with E-state index in [4.69, 9.17) is 4.42 Å². The Kier molecular flexibility index (Phi) is 2.92. The maximum atomic E-state index is 5.47. The summed E-state index contributed by atoms with van der Waals surface area (Å²) in [6, 6.07) is 2.63. The first-order valence-corrected chi connectivity index (χ1v) is 5.62. The van der Waals surface area contributed by atoms with Crippen molar-refractivity contribution in [2.24, 2.45) is 5.92 Å². The van der Waals surface area contributed by atoms with Crippen molar-refractivity contribution >= 4 is 0 Å². The molecule has 2 heterocycles. The predicted octanol–water partition coefficient (Wildman–Crippen LogP) is 2.90. The molecule has 1 aromatic heterocycles. The maximum Gasteiger partial charge on any atom is 0.109 e. The van der Waals surface area contributed by atoms with Gasteiger partial charge in [0, 0.05) is 24.6 Å². The molecular weight excluding hydrogens is 174 g/mol. The molecule has 1 aliphatic heterocycles. The van der Waals surface area contributed by atoms with Gasteiger partial charge in [0.15, 0.2) is 0 Å². The first kappa shape index (κ1) is 9.78. The van der Waals surface area contributed by atoms with E-state index in [0.29, 0.717) is 12.0 Å². The molecule has 0 amide bonds. The third-order valence-electron chi connectivity index (χ3n) is 3.14. The highest BCUT2D eigenvalue weighted by Gasteiger charge is 2.25. The van der Waals surface area contributed by atoms with Gasteiger partial charge in [0.25, 0.3) is 0 Å². The fraction of sp³-hybridized carbons (Fsp3) is 0.667. The fourth-order valence-electron chi connectivity index (χ4n) is 2.41. The Morgan fingerprint density at radius 3 is 3.29 bits per heavy atom. The SMILES string of the molecule is CCCC(C)C1NCCc2occc21. The van der Waals surface area contributed by atoms with E-state index in [-0.39, 0.29) is 0 Å². The lowest BCUT2D eigenvalue weighted by molar-refractivity contribution is 0.334. The number of nitrogens with one attached hydrogen (secondary N) is 1. The monoisotopic (exact) mass is 193 g/mol. The molecule has 0 saturated carbocycles. The molecule has 2 rings (SSSR count). The Hall–Kier alpha value is -0.760. The largest absolute Gasteiger partial charge is 0.469 e. The van der Waals surface area contributed by atoms with E-state index in [0.717, 1.165) is 13.0 Å². The van der Waals surface area contributed by atoms with E-state index in [1.807, 2.05) is 6.26 Å². The minimum atomic E-state index is 0.512. The zero-order valence-electron chi connectivity index (χ0n) is 9.05. The van der Waals surface area contributed by atoms with Gasteiger partial charge in [0.1, 0.15) is 5.76 Å². The van der Waals surface area contributed by atoms with E-state index in [9.17, 15) is 0 Å². The molecule has 0 fully saturated rings. The summed E-state index contributed by atoms with van der Waals surface area (Å²) in [5.74, 6) is 1.90. The molecule has 1 N–H and O–H groups in total. The summed E-state index contributed by atoms with van der Waals surface area (Å²) in [6.07, 6.45) is 5.40. The second-order valence-corrected chi connectivity index (χ2v) is 4.25. The van der Waals surface area contributed by atoms with Crippen LogP contribution < -0.4 is 5.32 Å². The van der Waals surface area contributed by atoms with E-state index in [1.54, 1.807) is 0 Å². The maximum absolute atomic E-state index is 5.47. The van der Waals surface area contributed by atoms with Crippen LogP contribution in [-0.2, 0) is 6.42 Å². The van der Waals surface area contributed by atoms with Crippen molar-refractivity contribution in [1.29, 1.82) is 0 Å². The summed E-state index contributed by atoms with van der Waals surface area (Å²) in [6.45, 7) is 5.62. The van der Waals surface area contributed by atoms with Crippen molar-refractivity contribution in [1.82, 2.24) is 5.32 Å². The van der Waals surface area contributed by atoms with Gasteiger partial charge >= 0.3 is 0 Å². The Morgan fingerprint density at radius 2 is 2.50 bits per heavy atom. The van der Waals surface area contributed by atoms with Crippen LogP contribution in [0, 0.1) is 5.92 Å². The summed E-state index contributed by atoms with van der Waals surface area (Å²) in [4.78, 5) is 0. The lowest BCUT2D eigenvalue weighted by atomic mass is 9.88. The second kappa shape index (κ2) is 4.18. The van der Waals surface area contributed by atoms with Crippen LogP contribution in [0.3, 0.4) is 0 Å². The molecule has 0 bridgehead atoms. The molecule has 2 heteroatoms. The Balaban J connectivity index is 2.15. The molecular formula is C12H19NO. The highest BCUT2D eigenvalue weighted by Crippen LogP contribution is 2.31. The number of rotatable bonds is 3. The summed E-state index contributed by atoms with van der Waals surface area (Å²) in [7, 11) is 0. The average molecular weight is 193 g/mol. The Morgan fingerprint density at radius 1 is 1.64 bits per heavy atom. The summed E-state index contributed by atoms with van der Waals surface area (Å²) in [5.41, 5.74) is 1.39. The molecule has 0 spiro atoms. The number of furan rings is 1. The van der Waals surface area contributed by atoms with Crippen molar-refractivity contribution in [3.63, 3.8) is 0 Å². The lowest BCUT2D eigenvalue weighted by Crippen LogP contribution is -2.33. The van der Waals surface area contributed by atoms with Gasteiger partial charge in [-0.15, -0.1) is 0 Å². The first-order chi connectivity index (χ1) is 6.83. The standard InChI is InChI=1S/C12H19NO/c1-3-4-9(2)12-10-6-8-14-11(10)5-7-13-12/h6,8-9,12-13H,3-5,7H2,1-2H3. The topological polar surface area (TPSA) is 25.2 Å². The molecule has 2 nitrogen and oxygen atoms in total. The number of hydrogen-bond acceptors (Lipinski definition) is 2. The van der Waals surface area contributed by atoms with Gasteiger partial charge in [0.2, 0.25) is 0 Å². The lowest BCUT2D eigenvalue weighted by Gasteiger charge is -2.28. The minimum Gasteiger partial charge on any atom is -0.469 e. The van der Waals surface area contributed by atoms with Crippen LogP contribution >= 0.6 is 0 Å². The van der Waals surface area contributed by atoms with Crippen molar-refractivity contribution < 1.29 is 4.42 Å². The van der Waals surface area contributed by atoms with Crippen molar-refractivity contribution in [2.75, 3.05) is 6.54 Å². The number of hydrogen-bond donors (Lipinski definition) is 1. The zero-order chi connectivity index (χ0) is 9.97. The zero-order valence-corrected chi connectivity index (χ0v) is 9.05. The molecule has 14 heavy (non-hydrogen) atoms. The Bertz CT molecular complexity index is 292. The molecule has 1 aromatic rings. The van der Waals surface area contributed by atoms with Gasteiger partial charge in [-0.3, -0.25) is 0 Å². The van der Waals surface area contributed by atoms with E-state index in [2.05, 4.69) is 25.2 Å². The normalized spacial score (nSPS) is 23.1. The highest BCUT2D eigenvalue weighted by molar-refractivity contribution is 5.24. The average Bonchev–Trinajstić information content (AvgIpc) is 2.65. The predicted molar refractivity (Wildman–Crippen MR) is 57.2 cm³/mol. The summed E-state index contributed by atoms with van der Waals surface area (Å²) >= 11 is 0. The number of fused-ring (bicyclic) bond motifs is 1. The van der Waals surface area contributed by atoms with Crippen LogP contribution in [0.25, 0.3) is 0 Å². The second-order valence-electron chi connectivity index (χ2n) is 4.25. The quantitative estimate of drug-likeness (QED) is 0.798. The van der Waals surface area contributed by atoms with E-state index in [1.165, 1.54) is 24.2 Å². The fourth-order valence-corrected chi connectivity index (χ4v) is 2.41. The molecule has 0 aliphatic carbocycles. The minimum absolute atomic E-state index is 0.512. The molecule has 0 radical (unpaired) electrons. The van der Waals surface area contributed by atoms with Gasteiger partial charge in [-0.05, 0) is 18.4 Å².